The number of nitrogens with two attached hydrogens (primary N) is 1. The molecule has 1 rings (SSSR count). The molecule has 1 aromatic rings. The third kappa shape index (κ3) is 7.46. The SMILES string of the molecule is C#C[C@@H](CC(=O)OCC)NC(=O)CNC(=O)c1cccc(N=CNN)c1. The first-order valence-corrected chi connectivity index (χ1v) is 7.78. The fourth-order valence-corrected chi connectivity index (χ4v) is 1.89. The lowest BCUT2D eigenvalue weighted by Gasteiger charge is -2.13. The number of esters is 1. The number of nitrogens with zero attached hydrogens (tertiary/aromatic N) is 1. The minimum Gasteiger partial charge on any atom is -0.466 e. The predicted octanol–water partition coefficient (Wildman–Crippen LogP) is -0.389. The Labute approximate surface area is 151 Å². The number of hydrogen-bond acceptors (Lipinski definition) is 6. The second-order valence-electron chi connectivity index (χ2n) is 4.95. The lowest BCUT2D eigenvalue weighted by Crippen LogP contribution is -2.42. The quantitative estimate of drug-likeness (QED) is 0.118. The molecule has 0 aliphatic carbocycles. The largest absolute Gasteiger partial charge is 0.466 e. The van der Waals surface area contributed by atoms with Crippen molar-refractivity contribution in [2.75, 3.05) is 13.2 Å². The third-order valence-electron chi connectivity index (χ3n) is 3.02. The molecule has 9 heteroatoms. The summed E-state index contributed by atoms with van der Waals surface area (Å²) in [5.41, 5.74) is 3.10. The fourth-order valence-electron chi connectivity index (χ4n) is 1.89. The Bertz CT molecular complexity index is 711. The van der Waals surface area contributed by atoms with Crippen LogP contribution in [-0.4, -0.2) is 43.3 Å². The number of terminal acetylenes is 1. The van der Waals surface area contributed by atoms with Gasteiger partial charge in [0.2, 0.25) is 5.91 Å². The molecule has 1 aromatic carbocycles. The number of hydrazine groups is 1. The van der Waals surface area contributed by atoms with E-state index < -0.39 is 23.8 Å². The fraction of sp³-hybridized carbons (Fsp3) is 0.294. The summed E-state index contributed by atoms with van der Waals surface area (Å²) < 4.78 is 4.77. The standard InChI is InChI=1S/C17H21N5O4/c1-3-13(9-16(24)26-4-2)22-15(23)10-19-17(25)12-6-5-7-14(8-12)20-11-21-18/h1,5-8,11,13H,4,9-10,18H2,2H3,(H,19,25)(H,20,21)(H,22,23)/t13-/m0/s1. The van der Waals surface area contributed by atoms with Crippen LogP contribution in [0.5, 0.6) is 0 Å². The monoisotopic (exact) mass is 359 g/mol. The minimum atomic E-state index is -0.806. The molecular weight excluding hydrogens is 338 g/mol. The van der Waals surface area contributed by atoms with Gasteiger partial charge in [0.1, 0.15) is 12.4 Å². The van der Waals surface area contributed by atoms with E-state index in [4.69, 9.17) is 17.0 Å². The number of aliphatic imine (C=N–C) groups is 1. The van der Waals surface area contributed by atoms with Gasteiger partial charge in [-0.15, -0.1) is 6.42 Å². The summed E-state index contributed by atoms with van der Waals surface area (Å²) in [4.78, 5) is 39.3. The number of hydrogen-bond donors (Lipinski definition) is 4. The summed E-state index contributed by atoms with van der Waals surface area (Å²) in [5, 5.41) is 4.93. The summed E-state index contributed by atoms with van der Waals surface area (Å²) in [6.45, 7) is 1.60. The molecule has 0 radical (unpaired) electrons. The van der Waals surface area contributed by atoms with E-state index in [1.807, 2.05) is 0 Å². The highest BCUT2D eigenvalue weighted by molar-refractivity contribution is 5.97. The van der Waals surface area contributed by atoms with Crippen molar-refractivity contribution < 1.29 is 19.1 Å². The van der Waals surface area contributed by atoms with Gasteiger partial charge in [-0.1, -0.05) is 12.0 Å². The maximum Gasteiger partial charge on any atom is 0.308 e. The number of amides is 2. The molecule has 2 amide bonds. The Morgan fingerprint density at radius 1 is 1.42 bits per heavy atom. The van der Waals surface area contributed by atoms with Gasteiger partial charge < -0.3 is 20.8 Å². The maximum atomic E-state index is 12.1. The first kappa shape index (κ1) is 20.7. The summed E-state index contributed by atoms with van der Waals surface area (Å²) in [7, 11) is 0. The molecule has 0 unspecified atom stereocenters. The minimum absolute atomic E-state index is 0.140. The molecule has 0 fully saturated rings. The van der Waals surface area contributed by atoms with Crippen LogP contribution in [-0.2, 0) is 14.3 Å². The molecule has 0 aliphatic rings. The first-order valence-electron chi connectivity index (χ1n) is 7.78. The van der Waals surface area contributed by atoms with Gasteiger partial charge in [-0.3, -0.25) is 14.4 Å². The molecule has 9 nitrogen and oxygen atoms in total. The van der Waals surface area contributed by atoms with Crippen LogP contribution in [0.15, 0.2) is 29.3 Å². The molecule has 0 heterocycles. The van der Waals surface area contributed by atoms with Gasteiger partial charge in [0.15, 0.2) is 0 Å². The van der Waals surface area contributed by atoms with E-state index in [9.17, 15) is 14.4 Å². The summed E-state index contributed by atoms with van der Waals surface area (Å²) in [6, 6.07) is 5.63. The molecule has 0 saturated carbocycles. The van der Waals surface area contributed by atoms with Crippen LogP contribution in [0.1, 0.15) is 23.7 Å². The molecule has 138 valence electrons. The Morgan fingerprint density at radius 3 is 2.85 bits per heavy atom. The second kappa shape index (κ2) is 11.2. The van der Waals surface area contributed by atoms with Crippen LogP contribution >= 0.6 is 0 Å². The van der Waals surface area contributed by atoms with Crippen LogP contribution < -0.4 is 21.9 Å². The van der Waals surface area contributed by atoms with Gasteiger partial charge in [-0.25, -0.2) is 10.8 Å². The van der Waals surface area contributed by atoms with Crippen LogP contribution in [0.25, 0.3) is 0 Å². The van der Waals surface area contributed by atoms with E-state index in [0.717, 1.165) is 0 Å². The van der Waals surface area contributed by atoms with E-state index in [-0.39, 0.29) is 19.6 Å². The molecule has 0 bridgehead atoms. The van der Waals surface area contributed by atoms with Crippen molar-refractivity contribution in [2.24, 2.45) is 10.8 Å². The van der Waals surface area contributed by atoms with Crippen molar-refractivity contribution in [1.29, 1.82) is 0 Å². The Morgan fingerprint density at radius 2 is 2.19 bits per heavy atom. The van der Waals surface area contributed by atoms with E-state index in [2.05, 4.69) is 27.0 Å². The molecule has 1 atom stereocenters. The highest BCUT2D eigenvalue weighted by Crippen LogP contribution is 2.13. The van der Waals surface area contributed by atoms with E-state index in [1.54, 1.807) is 25.1 Å². The highest BCUT2D eigenvalue weighted by atomic mass is 16.5. The Hall–Kier alpha value is -3.38. The van der Waals surface area contributed by atoms with Crippen LogP contribution in [0.4, 0.5) is 5.69 Å². The predicted molar refractivity (Wildman–Crippen MR) is 96.3 cm³/mol. The second-order valence-corrected chi connectivity index (χ2v) is 4.95. The molecule has 26 heavy (non-hydrogen) atoms. The van der Waals surface area contributed by atoms with E-state index >= 15 is 0 Å². The van der Waals surface area contributed by atoms with Crippen molar-refractivity contribution >= 4 is 29.8 Å². The van der Waals surface area contributed by atoms with Gasteiger partial charge in [-0.2, -0.15) is 0 Å². The molecule has 0 aliphatic heterocycles. The molecular formula is C17H21N5O4. The van der Waals surface area contributed by atoms with Gasteiger partial charge >= 0.3 is 5.97 Å². The Kier molecular flexibility index (Phi) is 8.92. The van der Waals surface area contributed by atoms with Crippen LogP contribution in [0.3, 0.4) is 0 Å². The lowest BCUT2D eigenvalue weighted by molar-refractivity contribution is -0.143. The van der Waals surface area contributed by atoms with Gasteiger partial charge in [0.25, 0.3) is 5.91 Å². The van der Waals surface area contributed by atoms with Gasteiger partial charge in [0.05, 0.1) is 25.3 Å². The van der Waals surface area contributed by atoms with Crippen LogP contribution in [0, 0.1) is 12.3 Å². The zero-order valence-electron chi connectivity index (χ0n) is 14.3. The average Bonchev–Trinajstić information content (AvgIpc) is 2.64. The number of carbonyl (C=O) groups excluding carboxylic acids is 3. The number of benzene rings is 1. The summed E-state index contributed by atoms with van der Waals surface area (Å²) in [6.07, 6.45) is 6.41. The zero-order valence-corrected chi connectivity index (χ0v) is 14.3. The molecule has 0 aromatic heterocycles. The molecule has 0 spiro atoms. The smallest absolute Gasteiger partial charge is 0.308 e. The van der Waals surface area contributed by atoms with Crippen molar-refractivity contribution in [3.8, 4) is 12.3 Å². The summed E-state index contributed by atoms with van der Waals surface area (Å²) >= 11 is 0. The normalized spacial score (nSPS) is 11.3. The van der Waals surface area contributed by atoms with Gasteiger partial charge in [0, 0.05) is 5.56 Å². The van der Waals surface area contributed by atoms with E-state index in [0.29, 0.717) is 11.3 Å². The zero-order chi connectivity index (χ0) is 19.4. The lowest BCUT2D eigenvalue weighted by atomic mass is 10.2. The van der Waals surface area contributed by atoms with Crippen molar-refractivity contribution in [3.63, 3.8) is 0 Å². The highest BCUT2D eigenvalue weighted by Gasteiger charge is 2.15. The molecule has 0 saturated heterocycles. The van der Waals surface area contributed by atoms with Gasteiger partial charge in [-0.05, 0) is 25.1 Å². The number of ether oxygens (including phenoxy) is 1. The number of carbonyl (C=O) groups is 3. The molecule has 5 N–H and O–H groups in total. The van der Waals surface area contributed by atoms with Crippen LogP contribution in [0.2, 0.25) is 0 Å². The summed E-state index contributed by atoms with van der Waals surface area (Å²) in [5.74, 6) is 5.89. The number of rotatable bonds is 9. The maximum absolute atomic E-state index is 12.1. The first-order chi connectivity index (χ1) is 12.5. The number of nitrogens with one attached hydrogen (secondary N) is 3. The average molecular weight is 359 g/mol. The Balaban J connectivity index is 2.53. The topological polar surface area (TPSA) is 135 Å². The third-order valence-corrected chi connectivity index (χ3v) is 3.02. The van der Waals surface area contributed by atoms with E-state index in [1.165, 1.54) is 12.4 Å². The van der Waals surface area contributed by atoms with Crippen molar-refractivity contribution in [3.05, 3.63) is 29.8 Å². The van der Waals surface area contributed by atoms with Crippen molar-refractivity contribution in [2.45, 2.75) is 19.4 Å². The van der Waals surface area contributed by atoms with Crippen molar-refractivity contribution in [1.82, 2.24) is 16.1 Å².